The van der Waals surface area contributed by atoms with Crippen LogP contribution in [0.25, 0.3) is 0 Å². The average molecular weight is 427 g/mol. The number of hydrogen-bond donors (Lipinski definition) is 1. The number of halogens is 2. The monoisotopic (exact) mass is 426 g/mol. The second kappa shape index (κ2) is 8.61. The molecule has 0 spiro atoms. The number of carbonyl (C=O) groups excluding carboxylic acids is 1. The van der Waals surface area contributed by atoms with Gasteiger partial charge in [-0.2, -0.15) is 4.31 Å². The molecule has 1 aliphatic rings. The maximum Gasteiger partial charge on any atom is 0.243 e. The lowest BCUT2D eigenvalue weighted by Gasteiger charge is -2.33. The van der Waals surface area contributed by atoms with Crippen LogP contribution in [0.3, 0.4) is 0 Å². The second-order valence-corrected chi connectivity index (χ2v) is 9.19. The van der Waals surface area contributed by atoms with E-state index in [0.29, 0.717) is 29.6 Å². The summed E-state index contributed by atoms with van der Waals surface area (Å²) < 4.78 is 27.3. The van der Waals surface area contributed by atoms with Crippen LogP contribution in [0.1, 0.15) is 24.8 Å². The standard InChI is InChI=1S/C19H20Cl2N2O3S/c20-15-6-4-14(5-7-15)13-22-19(24)18-3-1-2-12-23(18)27(25,26)17-10-8-16(21)9-11-17/h4-11,18H,1-3,12-13H2,(H,22,24)/t18-/m1/s1. The van der Waals surface area contributed by atoms with Gasteiger partial charge < -0.3 is 5.32 Å². The van der Waals surface area contributed by atoms with E-state index in [0.717, 1.165) is 18.4 Å². The van der Waals surface area contributed by atoms with Crippen LogP contribution in [-0.4, -0.2) is 31.2 Å². The Labute approximate surface area is 169 Å². The maximum absolute atomic E-state index is 13.0. The van der Waals surface area contributed by atoms with Crippen LogP contribution < -0.4 is 5.32 Å². The molecule has 1 atom stereocenters. The highest BCUT2D eigenvalue weighted by Gasteiger charge is 2.37. The number of rotatable bonds is 5. The van der Waals surface area contributed by atoms with Crippen molar-refractivity contribution in [2.45, 2.75) is 36.7 Å². The van der Waals surface area contributed by atoms with E-state index >= 15 is 0 Å². The smallest absolute Gasteiger partial charge is 0.243 e. The summed E-state index contributed by atoms with van der Waals surface area (Å²) in [7, 11) is -3.77. The van der Waals surface area contributed by atoms with Gasteiger partial charge in [-0.1, -0.05) is 41.8 Å². The zero-order valence-corrected chi connectivity index (χ0v) is 16.9. The number of carbonyl (C=O) groups is 1. The molecule has 0 radical (unpaired) electrons. The Kier molecular flexibility index (Phi) is 6.42. The molecule has 1 fully saturated rings. The van der Waals surface area contributed by atoms with Crippen molar-refractivity contribution in [1.82, 2.24) is 9.62 Å². The predicted octanol–water partition coefficient (Wildman–Crippen LogP) is 3.85. The summed E-state index contributed by atoms with van der Waals surface area (Å²) in [6, 6.07) is 12.4. The molecule has 0 unspecified atom stereocenters. The Morgan fingerprint density at radius 1 is 1.00 bits per heavy atom. The molecular weight excluding hydrogens is 407 g/mol. The van der Waals surface area contributed by atoms with Gasteiger partial charge in [0.25, 0.3) is 0 Å². The highest BCUT2D eigenvalue weighted by Crippen LogP contribution is 2.26. The fraction of sp³-hybridized carbons (Fsp3) is 0.316. The van der Waals surface area contributed by atoms with Crippen LogP contribution in [0.2, 0.25) is 10.0 Å². The number of nitrogens with zero attached hydrogens (tertiary/aromatic N) is 1. The minimum Gasteiger partial charge on any atom is -0.351 e. The molecular formula is C19H20Cl2N2O3S. The summed E-state index contributed by atoms with van der Waals surface area (Å²) in [6.07, 6.45) is 2.04. The van der Waals surface area contributed by atoms with Crippen molar-refractivity contribution in [2.75, 3.05) is 6.54 Å². The first-order valence-corrected chi connectivity index (χ1v) is 10.9. The molecule has 1 heterocycles. The molecule has 1 N–H and O–H groups in total. The number of amides is 1. The Bertz CT molecular complexity index is 900. The van der Waals surface area contributed by atoms with E-state index in [9.17, 15) is 13.2 Å². The molecule has 144 valence electrons. The molecule has 8 heteroatoms. The van der Waals surface area contributed by atoms with Gasteiger partial charge in [0.2, 0.25) is 15.9 Å². The van der Waals surface area contributed by atoms with Gasteiger partial charge in [-0.05, 0) is 54.8 Å². The summed E-state index contributed by atoms with van der Waals surface area (Å²) in [5.74, 6) is -0.290. The molecule has 0 aromatic heterocycles. The molecule has 2 aromatic rings. The highest BCUT2D eigenvalue weighted by molar-refractivity contribution is 7.89. The van der Waals surface area contributed by atoms with Crippen LogP contribution in [0.5, 0.6) is 0 Å². The first-order valence-electron chi connectivity index (χ1n) is 8.67. The van der Waals surface area contributed by atoms with Gasteiger partial charge >= 0.3 is 0 Å². The minimum atomic E-state index is -3.77. The SMILES string of the molecule is O=C(NCc1ccc(Cl)cc1)[C@H]1CCCCN1S(=O)(=O)c1ccc(Cl)cc1. The third-order valence-electron chi connectivity index (χ3n) is 4.56. The molecule has 1 saturated heterocycles. The van der Waals surface area contributed by atoms with E-state index < -0.39 is 16.1 Å². The van der Waals surface area contributed by atoms with Gasteiger partial charge in [-0.25, -0.2) is 8.42 Å². The second-order valence-electron chi connectivity index (χ2n) is 6.43. The number of hydrogen-bond acceptors (Lipinski definition) is 3. The summed E-state index contributed by atoms with van der Waals surface area (Å²) >= 11 is 11.7. The fourth-order valence-corrected chi connectivity index (χ4v) is 5.01. The molecule has 2 aromatic carbocycles. The third-order valence-corrected chi connectivity index (χ3v) is 6.98. The third kappa shape index (κ3) is 4.82. The molecule has 1 aliphatic heterocycles. The number of nitrogens with one attached hydrogen (secondary N) is 1. The maximum atomic E-state index is 13.0. The zero-order chi connectivity index (χ0) is 19.4. The van der Waals surface area contributed by atoms with Crippen LogP contribution >= 0.6 is 23.2 Å². The van der Waals surface area contributed by atoms with Gasteiger partial charge in [-0.15, -0.1) is 0 Å². The number of piperidine rings is 1. The van der Waals surface area contributed by atoms with E-state index in [1.54, 1.807) is 12.1 Å². The van der Waals surface area contributed by atoms with Gasteiger partial charge in [0.15, 0.2) is 0 Å². The van der Waals surface area contributed by atoms with E-state index in [1.807, 2.05) is 12.1 Å². The van der Waals surface area contributed by atoms with Crippen molar-refractivity contribution in [3.05, 3.63) is 64.1 Å². The van der Waals surface area contributed by atoms with Crippen molar-refractivity contribution in [3.8, 4) is 0 Å². The van der Waals surface area contributed by atoms with Crippen LogP contribution in [0, 0.1) is 0 Å². The molecule has 0 bridgehead atoms. The number of benzene rings is 2. The van der Waals surface area contributed by atoms with Crippen molar-refractivity contribution in [2.24, 2.45) is 0 Å². The van der Waals surface area contributed by atoms with Crippen LogP contribution in [0.4, 0.5) is 0 Å². The summed E-state index contributed by atoms with van der Waals surface area (Å²) in [5.41, 5.74) is 0.899. The average Bonchev–Trinajstić information content (AvgIpc) is 2.67. The Morgan fingerprint density at radius 2 is 1.59 bits per heavy atom. The Morgan fingerprint density at radius 3 is 2.22 bits per heavy atom. The minimum absolute atomic E-state index is 0.143. The van der Waals surface area contributed by atoms with E-state index in [4.69, 9.17) is 23.2 Å². The topological polar surface area (TPSA) is 66.5 Å². The van der Waals surface area contributed by atoms with Crippen molar-refractivity contribution < 1.29 is 13.2 Å². The van der Waals surface area contributed by atoms with Crippen molar-refractivity contribution in [1.29, 1.82) is 0 Å². The highest BCUT2D eigenvalue weighted by atomic mass is 35.5. The lowest BCUT2D eigenvalue weighted by Crippen LogP contribution is -2.51. The summed E-state index contributed by atoms with van der Waals surface area (Å²) in [4.78, 5) is 12.9. The van der Waals surface area contributed by atoms with Gasteiger partial charge in [-0.3, -0.25) is 4.79 Å². The quantitative estimate of drug-likeness (QED) is 0.788. The van der Waals surface area contributed by atoms with Crippen molar-refractivity contribution >= 4 is 39.1 Å². The summed E-state index contributed by atoms with van der Waals surface area (Å²) in [6.45, 7) is 0.644. The molecule has 3 rings (SSSR count). The van der Waals surface area contributed by atoms with Gasteiger partial charge in [0, 0.05) is 23.1 Å². The number of sulfonamides is 1. The van der Waals surface area contributed by atoms with Gasteiger partial charge in [0.05, 0.1) is 4.90 Å². The van der Waals surface area contributed by atoms with E-state index in [1.165, 1.54) is 28.6 Å². The largest absolute Gasteiger partial charge is 0.351 e. The molecule has 5 nitrogen and oxygen atoms in total. The normalized spacial score (nSPS) is 18.2. The predicted molar refractivity (Wildman–Crippen MR) is 106 cm³/mol. The molecule has 0 aliphatic carbocycles. The summed E-state index contributed by atoms with van der Waals surface area (Å²) in [5, 5.41) is 3.93. The molecule has 0 saturated carbocycles. The van der Waals surface area contributed by atoms with E-state index in [2.05, 4.69) is 5.32 Å². The lowest BCUT2D eigenvalue weighted by molar-refractivity contribution is -0.125. The Hall–Kier alpha value is -1.60. The van der Waals surface area contributed by atoms with Crippen LogP contribution in [0.15, 0.2) is 53.4 Å². The molecule has 1 amide bonds. The first-order chi connectivity index (χ1) is 12.9. The Balaban J connectivity index is 1.75. The van der Waals surface area contributed by atoms with Gasteiger partial charge in [0.1, 0.15) is 6.04 Å². The lowest BCUT2D eigenvalue weighted by atomic mass is 10.0. The van der Waals surface area contributed by atoms with Crippen molar-refractivity contribution in [3.63, 3.8) is 0 Å². The molecule has 27 heavy (non-hydrogen) atoms. The fourth-order valence-electron chi connectivity index (χ4n) is 3.11. The zero-order valence-electron chi connectivity index (χ0n) is 14.6. The first kappa shape index (κ1) is 20.1. The van der Waals surface area contributed by atoms with Crippen LogP contribution in [-0.2, 0) is 21.4 Å². The van der Waals surface area contributed by atoms with E-state index in [-0.39, 0.29) is 10.8 Å².